The van der Waals surface area contributed by atoms with Crippen LogP contribution in [0, 0.1) is 0 Å². The first-order valence-electron chi connectivity index (χ1n) is 8.17. The molecule has 0 unspecified atom stereocenters. The van der Waals surface area contributed by atoms with Crippen molar-refractivity contribution in [3.05, 3.63) is 22.8 Å². The molecule has 0 aliphatic heterocycles. The molecule has 0 bridgehead atoms. The van der Waals surface area contributed by atoms with Crippen molar-refractivity contribution in [1.82, 2.24) is 0 Å². The summed E-state index contributed by atoms with van der Waals surface area (Å²) in [4.78, 5) is 0. The molecule has 1 rings (SSSR count). The Hall–Kier alpha value is -0.686. The molecule has 1 aromatic carbocycles. The fraction of sp³-hybridized carbons (Fsp3) is 0.667. The molecule has 0 amide bonds. The van der Waals surface area contributed by atoms with Gasteiger partial charge in [0.25, 0.3) is 0 Å². The van der Waals surface area contributed by atoms with Crippen molar-refractivity contribution in [3.8, 4) is 11.5 Å². The summed E-state index contributed by atoms with van der Waals surface area (Å²) in [5.74, 6) is -0.552. The zero-order valence-electron chi connectivity index (χ0n) is 13.6. The van der Waals surface area contributed by atoms with Gasteiger partial charge < -0.3 is 10.2 Å². The average molecular weight is 335 g/mol. The van der Waals surface area contributed by atoms with Gasteiger partial charge in [-0.05, 0) is 43.2 Å². The van der Waals surface area contributed by atoms with Crippen LogP contribution in [0.2, 0.25) is 0 Å². The van der Waals surface area contributed by atoms with Crippen LogP contribution >= 0.6 is 0 Å². The van der Waals surface area contributed by atoms with E-state index >= 15 is 0 Å². The molecule has 1 aromatic rings. The van der Waals surface area contributed by atoms with Crippen LogP contribution in [0.3, 0.4) is 0 Å². The van der Waals surface area contributed by atoms with Crippen molar-refractivity contribution in [3.63, 3.8) is 0 Å². The predicted octanol–water partition coefficient (Wildman–Crippen LogP) is 3.86. The number of aryl methyl sites for hydroxylation is 1. The molecule has 0 radical (unpaired) electrons. The minimum absolute atomic E-state index is 0. The second-order valence-electron chi connectivity index (χ2n) is 5.63. The van der Waals surface area contributed by atoms with Gasteiger partial charge in [-0.25, -0.2) is 0 Å². The molecule has 0 aliphatic rings. The van der Waals surface area contributed by atoms with Crippen molar-refractivity contribution < 1.29 is 26.7 Å². The van der Waals surface area contributed by atoms with Gasteiger partial charge in [0.15, 0.2) is 0 Å². The van der Waals surface area contributed by atoms with E-state index in [4.69, 9.17) is 0 Å². The van der Waals surface area contributed by atoms with E-state index in [-0.39, 0.29) is 28.0 Å². The Morgan fingerprint density at radius 3 is 1.95 bits per heavy atom. The van der Waals surface area contributed by atoms with Crippen LogP contribution in [0.1, 0.15) is 76.0 Å². The van der Waals surface area contributed by atoms with Gasteiger partial charge in [0, 0.05) is 0 Å². The molecule has 0 N–H and O–H groups in total. The summed E-state index contributed by atoms with van der Waals surface area (Å²) in [5, 5.41) is 24.0. The van der Waals surface area contributed by atoms with Crippen LogP contribution in [0.4, 0.5) is 0 Å². The van der Waals surface area contributed by atoms with Gasteiger partial charge in [-0.1, -0.05) is 58.1 Å². The van der Waals surface area contributed by atoms with E-state index in [0.717, 1.165) is 56.1 Å². The number of unbranched alkanes of at least 4 members (excludes halogenated alkanes) is 3. The maximum absolute atomic E-state index is 12.2. The fourth-order valence-electron chi connectivity index (χ4n) is 2.76. The molecule has 2 nitrogen and oxygen atoms in total. The van der Waals surface area contributed by atoms with Crippen LogP contribution < -0.4 is 10.2 Å². The first kappa shape index (κ1) is 20.3. The smallest absolute Gasteiger partial charge is 0.873 e. The quantitative estimate of drug-likeness (QED) is 0.508. The van der Waals surface area contributed by atoms with E-state index in [1.54, 1.807) is 6.07 Å². The molecular weight excluding hydrogens is 307 g/mol. The van der Waals surface area contributed by atoms with Gasteiger partial charge in [0.1, 0.15) is 0 Å². The third kappa shape index (κ3) is 5.90. The maximum Gasteiger partial charge on any atom is 2.00 e. The normalized spacial score (nSPS) is 10.4. The minimum Gasteiger partial charge on any atom is -0.873 e. The first-order chi connectivity index (χ1) is 9.65. The first-order valence-corrected chi connectivity index (χ1v) is 8.17. The fourth-order valence-corrected chi connectivity index (χ4v) is 2.76. The summed E-state index contributed by atoms with van der Waals surface area (Å²) < 4.78 is 0. The van der Waals surface area contributed by atoms with E-state index in [1.807, 2.05) is 0 Å². The number of hydrogen-bond donors (Lipinski definition) is 0. The molecule has 0 aliphatic carbocycles. The van der Waals surface area contributed by atoms with Gasteiger partial charge in [0.2, 0.25) is 0 Å². The average Bonchev–Trinajstić information content (AvgIpc) is 2.43. The molecule has 122 valence electrons. The summed E-state index contributed by atoms with van der Waals surface area (Å²) in [6, 6.07) is 1.60. The Bertz CT molecular complexity index is 416. The van der Waals surface area contributed by atoms with E-state index in [2.05, 4.69) is 20.8 Å². The summed E-state index contributed by atoms with van der Waals surface area (Å²) >= 11 is 0. The summed E-state index contributed by atoms with van der Waals surface area (Å²) in [7, 11) is 0. The largest absolute Gasteiger partial charge is 2.00 e. The molecule has 0 fully saturated rings. The van der Waals surface area contributed by atoms with Gasteiger partial charge in [-0.3, -0.25) is 0 Å². The number of benzene rings is 1. The maximum atomic E-state index is 12.2. The predicted molar refractivity (Wildman–Crippen MR) is 81.2 cm³/mol. The van der Waals surface area contributed by atoms with Gasteiger partial charge in [0.05, 0.1) is 0 Å². The SMILES string of the molecule is CCCCCc1c(CCC)cc([O-])c([O-])c1CCCC.[Ni+2]. The summed E-state index contributed by atoms with van der Waals surface area (Å²) in [6.45, 7) is 6.43. The van der Waals surface area contributed by atoms with Crippen molar-refractivity contribution in [2.75, 3.05) is 0 Å². The Morgan fingerprint density at radius 1 is 0.762 bits per heavy atom. The monoisotopic (exact) mass is 334 g/mol. The van der Waals surface area contributed by atoms with E-state index in [0.29, 0.717) is 0 Å². The van der Waals surface area contributed by atoms with Crippen molar-refractivity contribution in [1.29, 1.82) is 0 Å². The van der Waals surface area contributed by atoms with Crippen molar-refractivity contribution in [2.45, 2.75) is 78.6 Å². The Balaban J connectivity index is 0.00000400. The van der Waals surface area contributed by atoms with E-state index in [1.165, 1.54) is 18.4 Å². The number of rotatable bonds is 9. The van der Waals surface area contributed by atoms with E-state index in [9.17, 15) is 10.2 Å². The molecule has 0 aromatic heterocycles. The summed E-state index contributed by atoms with van der Waals surface area (Å²) in [5.41, 5.74) is 3.14. The Kier molecular flexibility index (Phi) is 10.6. The van der Waals surface area contributed by atoms with Crippen LogP contribution in [-0.2, 0) is 35.8 Å². The molecule has 3 heteroatoms. The molecule has 0 saturated heterocycles. The third-order valence-electron chi connectivity index (χ3n) is 3.89. The standard InChI is InChI=1S/C18H30O2.Ni/c1-4-7-9-12-15-14(10-6-3)13-17(19)18(20)16(15)11-8-5-2;/h13,19-20H,4-12H2,1-3H3;/q;+2/p-2. The zero-order chi connectivity index (χ0) is 15.0. The molecule has 21 heavy (non-hydrogen) atoms. The Morgan fingerprint density at radius 2 is 1.38 bits per heavy atom. The van der Waals surface area contributed by atoms with Crippen LogP contribution in [0.15, 0.2) is 6.07 Å². The van der Waals surface area contributed by atoms with Crippen molar-refractivity contribution >= 4 is 0 Å². The summed E-state index contributed by atoms with van der Waals surface area (Å²) in [6.07, 6.45) is 9.18. The van der Waals surface area contributed by atoms with Crippen LogP contribution in [0.5, 0.6) is 11.5 Å². The molecule has 0 atom stereocenters. The van der Waals surface area contributed by atoms with Crippen molar-refractivity contribution in [2.24, 2.45) is 0 Å². The Labute approximate surface area is 139 Å². The minimum atomic E-state index is -0.307. The topological polar surface area (TPSA) is 46.1 Å². The van der Waals surface area contributed by atoms with Gasteiger partial charge in [-0.2, -0.15) is 0 Å². The van der Waals surface area contributed by atoms with Crippen LogP contribution in [0.25, 0.3) is 0 Å². The molecule has 0 spiro atoms. The molecule has 0 saturated carbocycles. The van der Waals surface area contributed by atoms with Gasteiger partial charge >= 0.3 is 16.5 Å². The van der Waals surface area contributed by atoms with Gasteiger partial charge in [-0.15, -0.1) is 11.5 Å². The molecule has 0 heterocycles. The van der Waals surface area contributed by atoms with Crippen LogP contribution in [-0.4, -0.2) is 0 Å². The second-order valence-corrected chi connectivity index (χ2v) is 5.63. The third-order valence-corrected chi connectivity index (χ3v) is 3.89. The second kappa shape index (κ2) is 11.0. The van der Waals surface area contributed by atoms with E-state index < -0.39 is 0 Å². The molecular formula is C18H28NiO2. The zero-order valence-corrected chi connectivity index (χ0v) is 14.6. The number of hydrogen-bond acceptors (Lipinski definition) is 2.